The summed E-state index contributed by atoms with van der Waals surface area (Å²) >= 11 is 0. The molecule has 2 atom stereocenters. The second-order valence-electron chi connectivity index (χ2n) is 2.86. The zero-order valence-electron chi connectivity index (χ0n) is 6.39. The van der Waals surface area contributed by atoms with Gasteiger partial charge in [-0.3, -0.25) is 0 Å². The summed E-state index contributed by atoms with van der Waals surface area (Å²) in [7, 11) is 0. The van der Waals surface area contributed by atoms with Gasteiger partial charge >= 0.3 is 0 Å². The van der Waals surface area contributed by atoms with E-state index >= 15 is 0 Å². The van der Waals surface area contributed by atoms with Crippen molar-refractivity contribution in [3.05, 3.63) is 0 Å². The third-order valence-electron chi connectivity index (χ3n) is 2.12. The van der Waals surface area contributed by atoms with Crippen LogP contribution in [0.5, 0.6) is 0 Å². The minimum atomic E-state index is -0.811. The summed E-state index contributed by atoms with van der Waals surface area (Å²) in [5.74, 6) is 0. The number of hydrogen-bond acceptors (Lipinski definition) is 2. The highest BCUT2D eigenvalue weighted by atomic mass is 19.1. The summed E-state index contributed by atoms with van der Waals surface area (Å²) in [6, 6.07) is -0.220. The minimum absolute atomic E-state index is 0.220. The molecule has 2 nitrogen and oxygen atoms in total. The van der Waals surface area contributed by atoms with Crippen molar-refractivity contribution in [1.82, 2.24) is 4.90 Å². The van der Waals surface area contributed by atoms with Gasteiger partial charge in [0.2, 0.25) is 0 Å². The van der Waals surface area contributed by atoms with Crippen LogP contribution in [0, 0.1) is 0 Å². The van der Waals surface area contributed by atoms with Crippen molar-refractivity contribution < 1.29 is 4.39 Å². The van der Waals surface area contributed by atoms with Gasteiger partial charge in [0.15, 0.2) is 0 Å². The second kappa shape index (κ2) is 3.30. The molecule has 10 heavy (non-hydrogen) atoms. The summed E-state index contributed by atoms with van der Waals surface area (Å²) in [6.45, 7) is 4.46. The van der Waals surface area contributed by atoms with E-state index < -0.39 is 6.17 Å². The van der Waals surface area contributed by atoms with Crippen LogP contribution < -0.4 is 5.73 Å². The lowest BCUT2D eigenvalue weighted by atomic mass is 10.0. The van der Waals surface area contributed by atoms with Crippen molar-refractivity contribution in [1.29, 1.82) is 0 Å². The first kappa shape index (κ1) is 7.95. The van der Waals surface area contributed by atoms with Crippen LogP contribution in [0.3, 0.4) is 0 Å². The van der Waals surface area contributed by atoms with Crippen molar-refractivity contribution in [2.45, 2.75) is 25.6 Å². The van der Waals surface area contributed by atoms with Gasteiger partial charge in [0.25, 0.3) is 0 Å². The summed E-state index contributed by atoms with van der Waals surface area (Å²) in [5, 5.41) is 0. The fourth-order valence-corrected chi connectivity index (χ4v) is 1.27. The maximum atomic E-state index is 12.8. The van der Waals surface area contributed by atoms with E-state index in [0.717, 1.165) is 19.5 Å². The topological polar surface area (TPSA) is 29.3 Å². The van der Waals surface area contributed by atoms with Crippen LogP contribution in [-0.4, -0.2) is 36.7 Å². The molecule has 3 heteroatoms. The Kier molecular flexibility index (Phi) is 2.63. The molecule has 1 rings (SSSR count). The van der Waals surface area contributed by atoms with Gasteiger partial charge < -0.3 is 10.6 Å². The molecule has 0 spiro atoms. The molecule has 0 radical (unpaired) electrons. The fourth-order valence-electron chi connectivity index (χ4n) is 1.27. The molecule has 0 saturated carbocycles. The first-order valence-corrected chi connectivity index (χ1v) is 3.86. The molecule has 0 amide bonds. The molecule has 2 N–H and O–H groups in total. The lowest BCUT2D eigenvalue weighted by Gasteiger charge is -2.31. The van der Waals surface area contributed by atoms with Crippen molar-refractivity contribution in [3.8, 4) is 0 Å². The monoisotopic (exact) mass is 146 g/mol. The average Bonchev–Trinajstić information content (AvgIpc) is 1.95. The maximum Gasteiger partial charge on any atom is 0.128 e. The number of nitrogens with two attached hydrogens (primary N) is 1. The van der Waals surface area contributed by atoms with Gasteiger partial charge in [-0.25, -0.2) is 4.39 Å². The lowest BCUT2D eigenvalue weighted by molar-refractivity contribution is 0.124. The van der Waals surface area contributed by atoms with Crippen LogP contribution in [0.25, 0.3) is 0 Å². The van der Waals surface area contributed by atoms with Gasteiger partial charge in [-0.2, -0.15) is 0 Å². The molecule has 0 bridgehead atoms. The Labute approximate surface area is 61.2 Å². The molecule has 2 unspecified atom stereocenters. The zero-order valence-corrected chi connectivity index (χ0v) is 6.39. The van der Waals surface area contributed by atoms with E-state index in [0.29, 0.717) is 6.54 Å². The Morgan fingerprint density at radius 3 is 2.90 bits per heavy atom. The Balaban J connectivity index is 2.33. The third-order valence-corrected chi connectivity index (χ3v) is 2.12. The van der Waals surface area contributed by atoms with Crippen LogP contribution in [0.2, 0.25) is 0 Å². The smallest absolute Gasteiger partial charge is 0.128 e. The van der Waals surface area contributed by atoms with Crippen LogP contribution in [0.1, 0.15) is 13.3 Å². The van der Waals surface area contributed by atoms with Gasteiger partial charge in [0.05, 0.1) is 0 Å². The predicted octanol–water partition coefficient (Wildman–Crippen LogP) is 0.377. The number of alkyl halides is 1. The standard InChI is InChI=1S/C7H15FN2/c1-2-10-4-3-7(9)6(8)5-10/h6-7H,2-5,9H2,1H3. The number of rotatable bonds is 1. The number of nitrogens with zero attached hydrogens (tertiary/aromatic N) is 1. The van der Waals surface area contributed by atoms with Crippen molar-refractivity contribution in [2.75, 3.05) is 19.6 Å². The van der Waals surface area contributed by atoms with E-state index in [-0.39, 0.29) is 6.04 Å². The third kappa shape index (κ3) is 1.67. The van der Waals surface area contributed by atoms with E-state index in [1.807, 2.05) is 6.92 Å². The highest BCUT2D eigenvalue weighted by Gasteiger charge is 2.24. The summed E-state index contributed by atoms with van der Waals surface area (Å²) in [4.78, 5) is 2.09. The Hall–Kier alpha value is -0.150. The van der Waals surface area contributed by atoms with E-state index in [9.17, 15) is 4.39 Å². The molecular weight excluding hydrogens is 131 g/mol. The molecule has 0 aromatic heterocycles. The highest BCUT2D eigenvalue weighted by Crippen LogP contribution is 2.11. The Bertz CT molecular complexity index is 108. The van der Waals surface area contributed by atoms with E-state index in [1.165, 1.54) is 0 Å². The van der Waals surface area contributed by atoms with Crippen molar-refractivity contribution in [3.63, 3.8) is 0 Å². The van der Waals surface area contributed by atoms with Crippen LogP contribution in [-0.2, 0) is 0 Å². The van der Waals surface area contributed by atoms with Gasteiger partial charge in [-0.1, -0.05) is 6.92 Å². The Morgan fingerprint density at radius 1 is 1.70 bits per heavy atom. The molecule has 1 aliphatic heterocycles. The molecule has 1 heterocycles. The molecule has 1 saturated heterocycles. The number of halogens is 1. The Morgan fingerprint density at radius 2 is 2.40 bits per heavy atom. The molecule has 0 aromatic carbocycles. The lowest BCUT2D eigenvalue weighted by Crippen LogP contribution is -2.48. The highest BCUT2D eigenvalue weighted by molar-refractivity contribution is 4.81. The van der Waals surface area contributed by atoms with Crippen LogP contribution in [0.4, 0.5) is 4.39 Å². The van der Waals surface area contributed by atoms with Crippen LogP contribution >= 0.6 is 0 Å². The molecular formula is C7H15FN2. The molecule has 1 fully saturated rings. The molecule has 0 aliphatic carbocycles. The number of likely N-dealkylation sites (tertiary alicyclic amines) is 1. The van der Waals surface area contributed by atoms with Gasteiger partial charge in [-0.15, -0.1) is 0 Å². The average molecular weight is 146 g/mol. The zero-order chi connectivity index (χ0) is 7.56. The van der Waals surface area contributed by atoms with Gasteiger partial charge in [0, 0.05) is 12.6 Å². The molecule has 1 aliphatic rings. The number of piperidine rings is 1. The number of hydrogen-bond donors (Lipinski definition) is 1. The summed E-state index contributed by atoms with van der Waals surface area (Å²) in [6.07, 6.45) is -0.0108. The predicted molar refractivity (Wildman–Crippen MR) is 39.6 cm³/mol. The summed E-state index contributed by atoms with van der Waals surface area (Å²) in [5.41, 5.74) is 5.49. The summed E-state index contributed by atoms with van der Waals surface area (Å²) < 4.78 is 12.8. The first-order valence-electron chi connectivity index (χ1n) is 3.86. The largest absolute Gasteiger partial charge is 0.325 e. The van der Waals surface area contributed by atoms with Crippen LogP contribution in [0.15, 0.2) is 0 Å². The SMILES string of the molecule is CCN1CCC(N)C(F)C1. The van der Waals surface area contributed by atoms with Crippen molar-refractivity contribution in [2.24, 2.45) is 5.73 Å². The minimum Gasteiger partial charge on any atom is -0.325 e. The first-order chi connectivity index (χ1) is 4.74. The van der Waals surface area contributed by atoms with E-state index in [2.05, 4.69) is 4.90 Å². The second-order valence-corrected chi connectivity index (χ2v) is 2.86. The molecule has 0 aromatic rings. The molecule has 60 valence electrons. The maximum absolute atomic E-state index is 12.8. The van der Waals surface area contributed by atoms with Gasteiger partial charge in [0.1, 0.15) is 6.17 Å². The fraction of sp³-hybridized carbons (Fsp3) is 1.00. The van der Waals surface area contributed by atoms with Gasteiger partial charge in [-0.05, 0) is 19.5 Å². The quantitative estimate of drug-likeness (QED) is 0.579. The van der Waals surface area contributed by atoms with E-state index in [1.54, 1.807) is 0 Å². The normalized spacial score (nSPS) is 36.3. The van der Waals surface area contributed by atoms with E-state index in [4.69, 9.17) is 5.73 Å². The van der Waals surface area contributed by atoms with Crippen molar-refractivity contribution >= 4 is 0 Å².